The van der Waals surface area contributed by atoms with Gasteiger partial charge in [-0.15, -0.1) is 0 Å². The Bertz CT molecular complexity index is 839. The van der Waals surface area contributed by atoms with Crippen LogP contribution in [0.1, 0.15) is 11.3 Å². The largest absolute Gasteiger partial charge is 0.378 e. The van der Waals surface area contributed by atoms with E-state index in [1.54, 1.807) is 0 Å². The van der Waals surface area contributed by atoms with E-state index in [4.69, 9.17) is 0 Å². The zero-order valence-electron chi connectivity index (χ0n) is 15.0. The van der Waals surface area contributed by atoms with Crippen LogP contribution < -0.4 is 15.5 Å². The zero-order valence-corrected chi connectivity index (χ0v) is 15.0. The summed E-state index contributed by atoms with van der Waals surface area (Å²) in [6.45, 7) is 4.03. The minimum absolute atomic E-state index is 0.576. The number of aryl methyl sites for hydroxylation is 2. The molecule has 0 spiro atoms. The molecule has 128 valence electrons. The van der Waals surface area contributed by atoms with Crippen LogP contribution in [0.5, 0.6) is 0 Å². The highest BCUT2D eigenvalue weighted by Crippen LogP contribution is 2.21. The van der Waals surface area contributed by atoms with E-state index in [-0.39, 0.29) is 0 Å². The van der Waals surface area contributed by atoms with Crippen molar-refractivity contribution < 1.29 is 0 Å². The molecule has 5 nitrogen and oxygen atoms in total. The number of nitrogens with zero attached hydrogens (tertiary/aromatic N) is 3. The molecule has 0 bridgehead atoms. The van der Waals surface area contributed by atoms with Crippen molar-refractivity contribution in [1.29, 1.82) is 0 Å². The van der Waals surface area contributed by atoms with Crippen molar-refractivity contribution >= 4 is 28.8 Å². The molecule has 2 aromatic carbocycles. The molecule has 3 aromatic rings. The molecule has 25 heavy (non-hydrogen) atoms. The Morgan fingerprint density at radius 3 is 2.00 bits per heavy atom. The van der Waals surface area contributed by atoms with Crippen LogP contribution >= 0.6 is 0 Å². The maximum Gasteiger partial charge on any atom is 0.229 e. The fraction of sp³-hybridized carbons (Fsp3) is 0.200. The second-order valence-electron chi connectivity index (χ2n) is 6.28. The summed E-state index contributed by atoms with van der Waals surface area (Å²) in [6.07, 6.45) is 0. The third kappa shape index (κ3) is 4.47. The zero-order chi connectivity index (χ0) is 17.8. The molecule has 0 atom stereocenters. The van der Waals surface area contributed by atoms with Gasteiger partial charge in [-0.05, 0) is 50.2 Å². The highest BCUT2D eigenvalue weighted by atomic mass is 15.1. The van der Waals surface area contributed by atoms with Gasteiger partial charge in [0.15, 0.2) is 0 Å². The van der Waals surface area contributed by atoms with Crippen molar-refractivity contribution in [3.8, 4) is 0 Å². The molecule has 5 heteroatoms. The molecule has 0 saturated heterocycles. The van der Waals surface area contributed by atoms with Crippen molar-refractivity contribution in [2.24, 2.45) is 0 Å². The maximum absolute atomic E-state index is 4.56. The minimum Gasteiger partial charge on any atom is -0.378 e. The van der Waals surface area contributed by atoms with Gasteiger partial charge in [0.05, 0.1) is 0 Å². The molecular formula is C20H23N5. The molecule has 0 fully saturated rings. The van der Waals surface area contributed by atoms with Crippen molar-refractivity contribution in [1.82, 2.24) is 9.97 Å². The summed E-state index contributed by atoms with van der Waals surface area (Å²) in [4.78, 5) is 11.1. The van der Waals surface area contributed by atoms with E-state index in [1.165, 1.54) is 5.56 Å². The van der Waals surface area contributed by atoms with Crippen molar-refractivity contribution in [3.63, 3.8) is 0 Å². The van der Waals surface area contributed by atoms with E-state index in [0.29, 0.717) is 5.95 Å². The van der Waals surface area contributed by atoms with Crippen LogP contribution in [0, 0.1) is 13.8 Å². The molecule has 3 rings (SSSR count). The quantitative estimate of drug-likeness (QED) is 0.712. The molecular weight excluding hydrogens is 310 g/mol. The molecule has 0 aliphatic rings. The smallest absolute Gasteiger partial charge is 0.229 e. The number of hydrogen-bond acceptors (Lipinski definition) is 5. The summed E-state index contributed by atoms with van der Waals surface area (Å²) in [5.41, 5.74) is 5.24. The summed E-state index contributed by atoms with van der Waals surface area (Å²) in [5.74, 6) is 1.34. The van der Waals surface area contributed by atoms with E-state index >= 15 is 0 Å². The van der Waals surface area contributed by atoms with Gasteiger partial charge in [-0.3, -0.25) is 0 Å². The van der Waals surface area contributed by atoms with Gasteiger partial charge in [0.2, 0.25) is 5.95 Å². The fourth-order valence-corrected chi connectivity index (χ4v) is 2.45. The van der Waals surface area contributed by atoms with Gasteiger partial charge < -0.3 is 15.5 Å². The second-order valence-corrected chi connectivity index (χ2v) is 6.28. The molecule has 1 heterocycles. The topological polar surface area (TPSA) is 53.1 Å². The van der Waals surface area contributed by atoms with E-state index in [2.05, 4.69) is 56.7 Å². The van der Waals surface area contributed by atoms with Gasteiger partial charge in [0.25, 0.3) is 0 Å². The summed E-state index contributed by atoms with van der Waals surface area (Å²) in [5, 5.41) is 6.59. The average molecular weight is 333 g/mol. The van der Waals surface area contributed by atoms with Gasteiger partial charge in [0, 0.05) is 42.9 Å². The lowest BCUT2D eigenvalue weighted by Crippen LogP contribution is -2.08. The van der Waals surface area contributed by atoms with Crippen LogP contribution in [0.4, 0.5) is 28.8 Å². The predicted octanol–water partition coefficient (Wildman–Crippen LogP) is 4.65. The summed E-state index contributed by atoms with van der Waals surface area (Å²) >= 11 is 0. The molecule has 0 amide bonds. The lowest BCUT2D eigenvalue weighted by atomic mass is 10.2. The Kier molecular flexibility index (Phi) is 4.84. The van der Waals surface area contributed by atoms with Crippen molar-refractivity contribution in [2.75, 3.05) is 29.6 Å². The Labute approximate surface area is 148 Å². The predicted molar refractivity (Wildman–Crippen MR) is 105 cm³/mol. The SMILES string of the molecule is Cc1ccc(Nc2cc(C)nc(Nc3ccc(N(C)C)cc3)n2)cc1. The fourth-order valence-electron chi connectivity index (χ4n) is 2.45. The summed E-state index contributed by atoms with van der Waals surface area (Å²) in [7, 11) is 4.05. The molecule has 0 radical (unpaired) electrons. The first-order valence-corrected chi connectivity index (χ1v) is 8.23. The Morgan fingerprint density at radius 1 is 0.760 bits per heavy atom. The Hall–Kier alpha value is -3.08. The Balaban J connectivity index is 1.77. The lowest BCUT2D eigenvalue weighted by molar-refractivity contribution is 1.10. The molecule has 0 aliphatic carbocycles. The van der Waals surface area contributed by atoms with Crippen LogP contribution in [-0.2, 0) is 0 Å². The summed E-state index contributed by atoms with van der Waals surface area (Å²) < 4.78 is 0. The number of rotatable bonds is 5. The van der Waals surface area contributed by atoms with Gasteiger partial charge in [0.1, 0.15) is 5.82 Å². The lowest BCUT2D eigenvalue weighted by Gasteiger charge is -2.13. The molecule has 0 unspecified atom stereocenters. The van der Waals surface area contributed by atoms with Gasteiger partial charge >= 0.3 is 0 Å². The number of nitrogens with one attached hydrogen (secondary N) is 2. The number of hydrogen-bond donors (Lipinski definition) is 2. The van der Waals surface area contributed by atoms with Crippen LogP contribution in [0.15, 0.2) is 54.6 Å². The van der Waals surface area contributed by atoms with E-state index in [9.17, 15) is 0 Å². The standard InChI is InChI=1S/C20H23N5/c1-14-5-7-16(8-6-14)22-19-13-15(2)21-20(24-19)23-17-9-11-18(12-10-17)25(3)4/h5-13H,1-4H3,(H2,21,22,23,24). The molecule has 0 aliphatic heterocycles. The highest BCUT2D eigenvalue weighted by Gasteiger charge is 2.04. The third-order valence-corrected chi connectivity index (χ3v) is 3.82. The molecule has 2 N–H and O–H groups in total. The highest BCUT2D eigenvalue weighted by molar-refractivity contribution is 5.62. The molecule has 1 aromatic heterocycles. The number of aromatic nitrogens is 2. The minimum atomic E-state index is 0.576. The number of anilines is 5. The van der Waals surface area contributed by atoms with Crippen molar-refractivity contribution in [2.45, 2.75) is 13.8 Å². The number of benzene rings is 2. The normalized spacial score (nSPS) is 10.4. The van der Waals surface area contributed by atoms with Crippen molar-refractivity contribution in [3.05, 3.63) is 65.9 Å². The van der Waals surface area contributed by atoms with Crippen LogP contribution in [0.3, 0.4) is 0 Å². The first kappa shape index (κ1) is 16.8. The van der Waals surface area contributed by atoms with E-state index in [0.717, 1.165) is 28.6 Å². The van der Waals surface area contributed by atoms with E-state index in [1.807, 2.05) is 51.4 Å². The average Bonchev–Trinajstić information content (AvgIpc) is 2.57. The monoisotopic (exact) mass is 333 g/mol. The van der Waals surface area contributed by atoms with E-state index < -0.39 is 0 Å². The van der Waals surface area contributed by atoms with Crippen LogP contribution in [0.2, 0.25) is 0 Å². The van der Waals surface area contributed by atoms with Gasteiger partial charge in [-0.25, -0.2) is 4.98 Å². The first-order valence-electron chi connectivity index (χ1n) is 8.23. The van der Waals surface area contributed by atoms with Gasteiger partial charge in [-0.2, -0.15) is 4.98 Å². The molecule has 0 saturated carbocycles. The summed E-state index contributed by atoms with van der Waals surface area (Å²) in [6, 6.07) is 18.3. The van der Waals surface area contributed by atoms with Crippen LogP contribution in [-0.4, -0.2) is 24.1 Å². The third-order valence-electron chi connectivity index (χ3n) is 3.82. The first-order chi connectivity index (χ1) is 12.0. The van der Waals surface area contributed by atoms with Crippen LogP contribution in [0.25, 0.3) is 0 Å². The van der Waals surface area contributed by atoms with Gasteiger partial charge in [-0.1, -0.05) is 17.7 Å². The second kappa shape index (κ2) is 7.21. The maximum atomic E-state index is 4.56. The Morgan fingerprint density at radius 2 is 1.36 bits per heavy atom.